The predicted octanol–water partition coefficient (Wildman–Crippen LogP) is 2.09. The van der Waals surface area contributed by atoms with Crippen molar-refractivity contribution in [2.75, 3.05) is 19.8 Å². The first-order valence-electron chi connectivity index (χ1n) is 6.31. The Morgan fingerprint density at radius 1 is 1.33 bits per heavy atom. The van der Waals surface area contributed by atoms with Crippen molar-refractivity contribution in [3.05, 3.63) is 23.8 Å². The van der Waals surface area contributed by atoms with Crippen molar-refractivity contribution in [1.29, 1.82) is 0 Å². The molecule has 1 heterocycles. The van der Waals surface area contributed by atoms with Gasteiger partial charge in [-0.2, -0.15) is 0 Å². The van der Waals surface area contributed by atoms with Crippen LogP contribution in [0.5, 0.6) is 11.5 Å². The normalized spacial score (nSPS) is 15.0. The molecule has 0 spiro atoms. The monoisotopic (exact) mass is 249 g/mol. The first-order valence-corrected chi connectivity index (χ1v) is 6.31. The van der Waals surface area contributed by atoms with Crippen molar-refractivity contribution in [1.82, 2.24) is 5.32 Å². The van der Waals surface area contributed by atoms with Gasteiger partial charge in [0.05, 0.1) is 0 Å². The third-order valence-corrected chi connectivity index (χ3v) is 3.09. The van der Waals surface area contributed by atoms with Crippen LogP contribution in [0.25, 0.3) is 0 Å². The lowest BCUT2D eigenvalue weighted by Gasteiger charge is -2.20. The van der Waals surface area contributed by atoms with Crippen molar-refractivity contribution in [3.8, 4) is 11.5 Å². The number of carbonyl (C=O) groups excluding carboxylic acids is 1. The van der Waals surface area contributed by atoms with Gasteiger partial charge in [0.2, 0.25) is 5.91 Å². The molecule has 0 aliphatic carbocycles. The maximum absolute atomic E-state index is 10.8. The number of nitrogens with one attached hydrogen (secondary N) is 1. The largest absolute Gasteiger partial charge is 0.486 e. The van der Waals surface area contributed by atoms with Gasteiger partial charge in [-0.05, 0) is 30.0 Å². The van der Waals surface area contributed by atoms with Crippen LogP contribution < -0.4 is 14.8 Å². The van der Waals surface area contributed by atoms with E-state index >= 15 is 0 Å². The van der Waals surface area contributed by atoms with Gasteiger partial charge in [0, 0.05) is 13.5 Å². The van der Waals surface area contributed by atoms with Crippen molar-refractivity contribution in [2.24, 2.45) is 0 Å². The first kappa shape index (κ1) is 12.7. The summed E-state index contributed by atoms with van der Waals surface area (Å²) in [7, 11) is 0. The highest BCUT2D eigenvalue weighted by Crippen LogP contribution is 2.33. The molecule has 1 aliphatic rings. The highest BCUT2D eigenvalue weighted by atomic mass is 16.6. The molecule has 0 radical (unpaired) electrons. The van der Waals surface area contributed by atoms with Crippen LogP contribution in [0.2, 0.25) is 0 Å². The zero-order chi connectivity index (χ0) is 13.0. The minimum Gasteiger partial charge on any atom is -0.486 e. The van der Waals surface area contributed by atoms with E-state index in [1.54, 1.807) is 0 Å². The highest BCUT2D eigenvalue weighted by Gasteiger charge is 2.14. The van der Waals surface area contributed by atoms with E-state index in [9.17, 15) is 4.79 Å². The predicted molar refractivity (Wildman–Crippen MR) is 69.1 cm³/mol. The van der Waals surface area contributed by atoms with Gasteiger partial charge in [-0.15, -0.1) is 0 Å². The van der Waals surface area contributed by atoms with Gasteiger partial charge >= 0.3 is 0 Å². The molecule has 18 heavy (non-hydrogen) atoms. The molecule has 1 N–H and O–H groups in total. The standard InChI is InChI=1S/C14H19NO3/c1-10(5-6-15-11(2)16)12-3-4-13-14(9-12)18-8-7-17-13/h3-4,9-10H,5-8H2,1-2H3,(H,15,16). The SMILES string of the molecule is CC(=O)NCCC(C)c1ccc2c(c1)OCCO2. The lowest BCUT2D eigenvalue weighted by Crippen LogP contribution is -2.22. The molecule has 0 aromatic heterocycles. The van der Waals surface area contributed by atoms with Gasteiger partial charge in [0.25, 0.3) is 0 Å². The number of hydrogen-bond donors (Lipinski definition) is 1. The Morgan fingerprint density at radius 3 is 2.78 bits per heavy atom. The van der Waals surface area contributed by atoms with Crippen LogP contribution in [-0.2, 0) is 4.79 Å². The van der Waals surface area contributed by atoms with Gasteiger partial charge in [-0.3, -0.25) is 4.79 Å². The lowest BCUT2D eigenvalue weighted by atomic mass is 9.97. The molecule has 0 saturated carbocycles. The van der Waals surface area contributed by atoms with Crippen LogP contribution >= 0.6 is 0 Å². The van der Waals surface area contributed by atoms with E-state index in [1.165, 1.54) is 12.5 Å². The summed E-state index contributed by atoms with van der Waals surface area (Å²) in [5, 5.41) is 2.81. The summed E-state index contributed by atoms with van der Waals surface area (Å²) in [5.41, 5.74) is 1.21. The summed E-state index contributed by atoms with van der Waals surface area (Å²) < 4.78 is 11.1. The summed E-state index contributed by atoms with van der Waals surface area (Å²) in [4.78, 5) is 10.8. The third kappa shape index (κ3) is 3.15. The lowest BCUT2D eigenvalue weighted by molar-refractivity contribution is -0.118. The fourth-order valence-corrected chi connectivity index (χ4v) is 2.00. The molecule has 1 aromatic rings. The number of hydrogen-bond acceptors (Lipinski definition) is 3. The summed E-state index contributed by atoms with van der Waals surface area (Å²) in [6, 6.07) is 6.05. The minimum absolute atomic E-state index is 0.0179. The van der Waals surface area contributed by atoms with E-state index in [0.717, 1.165) is 17.9 Å². The molecule has 0 bridgehead atoms. The summed E-state index contributed by atoms with van der Waals surface area (Å²) in [6.45, 7) is 5.61. The molecular formula is C14H19NO3. The average Bonchev–Trinajstić information content (AvgIpc) is 2.37. The molecule has 1 amide bonds. The van der Waals surface area contributed by atoms with Crippen LogP contribution in [-0.4, -0.2) is 25.7 Å². The molecule has 1 unspecified atom stereocenters. The van der Waals surface area contributed by atoms with Crippen LogP contribution in [0.15, 0.2) is 18.2 Å². The topological polar surface area (TPSA) is 47.6 Å². The molecule has 1 aromatic carbocycles. The Morgan fingerprint density at radius 2 is 2.06 bits per heavy atom. The first-order chi connectivity index (χ1) is 8.66. The zero-order valence-electron chi connectivity index (χ0n) is 10.9. The molecule has 1 atom stereocenters. The Labute approximate surface area is 107 Å². The second-order valence-electron chi connectivity index (χ2n) is 4.58. The smallest absolute Gasteiger partial charge is 0.216 e. The van der Waals surface area contributed by atoms with E-state index in [1.807, 2.05) is 12.1 Å². The maximum Gasteiger partial charge on any atom is 0.216 e. The Kier molecular flexibility index (Phi) is 4.07. The van der Waals surface area contributed by atoms with E-state index in [0.29, 0.717) is 25.7 Å². The molecule has 0 saturated heterocycles. The van der Waals surface area contributed by atoms with Crippen LogP contribution in [0, 0.1) is 0 Å². The van der Waals surface area contributed by atoms with Crippen LogP contribution in [0.1, 0.15) is 31.7 Å². The third-order valence-electron chi connectivity index (χ3n) is 3.09. The van der Waals surface area contributed by atoms with Crippen LogP contribution in [0.3, 0.4) is 0 Å². The van der Waals surface area contributed by atoms with Crippen molar-refractivity contribution < 1.29 is 14.3 Å². The number of carbonyl (C=O) groups is 1. The second-order valence-corrected chi connectivity index (χ2v) is 4.58. The quantitative estimate of drug-likeness (QED) is 0.888. The number of fused-ring (bicyclic) bond motifs is 1. The fourth-order valence-electron chi connectivity index (χ4n) is 2.00. The Balaban J connectivity index is 1.97. The van der Waals surface area contributed by atoms with Gasteiger partial charge in [0.1, 0.15) is 13.2 Å². The summed E-state index contributed by atoms with van der Waals surface area (Å²) in [6.07, 6.45) is 0.916. The molecule has 98 valence electrons. The average molecular weight is 249 g/mol. The van der Waals surface area contributed by atoms with Crippen LogP contribution in [0.4, 0.5) is 0 Å². The zero-order valence-corrected chi connectivity index (χ0v) is 10.9. The van der Waals surface area contributed by atoms with E-state index < -0.39 is 0 Å². The van der Waals surface area contributed by atoms with E-state index in [-0.39, 0.29) is 5.91 Å². The molecule has 4 heteroatoms. The Hall–Kier alpha value is -1.71. The maximum atomic E-state index is 10.8. The van der Waals surface area contributed by atoms with Crippen molar-refractivity contribution in [3.63, 3.8) is 0 Å². The van der Waals surface area contributed by atoms with Gasteiger partial charge in [0.15, 0.2) is 11.5 Å². The Bertz CT molecular complexity index is 431. The molecule has 0 fully saturated rings. The summed E-state index contributed by atoms with van der Waals surface area (Å²) in [5.74, 6) is 2.04. The highest BCUT2D eigenvalue weighted by molar-refractivity contribution is 5.72. The second kappa shape index (κ2) is 5.76. The summed E-state index contributed by atoms with van der Waals surface area (Å²) >= 11 is 0. The van der Waals surface area contributed by atoms with Gasteiger partial charge < -0.3 is 14.8 Å². The number of rotatable bonds is 4. The van der Waals surface area contributed by atoms with E-state index in [4.69, 9.17) is 9.47 Å². The number of amides is 1. The van der Waals surface area contributed by atoms with Crippen molar-refractivity contribution >= 4 is 5.91 Å². The van der Waals surface area contributed by atoms with Gasteiger partial charge in [-0.25, -0.2) is 0 Å². The number of ether oxygens (including phenoxy) is 2. The fraction of sp³-hybridized carbons (Fsp3) is 0.500. The molecule has 2 rings (SSSR count). The number of benzene rings is 1. The molecule has 4 nitrogen and oxygen atoms in total. The van der Waals surface area contributed by atoms with E-state index in [2.05, 4.69) is 18.3 Å². The van der Waals surface area contributed by atoms with Crippen molar-refractivity contribution in [2.45, 2.75) is 26.2 Å². The molecule has 1 aliphatic heterocycles. The van der Waals surface area contributed by atoms with Gasteiger partial charge in [-0.1, -0.05) is 13.0 Å². The molecular weight excluding hydrogens is 230 g/mol. The minimum atomic E-state index is 0.0179.